The van der Waals surface area contributed by atoms with E-state index in [4.69, 9.17) is 22.1 Å². The van der Waals surface area contributed by atoms with Gasteiger partial charge in [-0.15, -0.1) is 12.4 Å². The number of aliphatic hydroxyl groups excluding tert-OH is 1. The zero-order valence-corrected chi connectivity index (χ0v) is 11.2. The molecule has 0 aliphatic heterocycles. The van der Waals surface area contributed by atoms with E-state index in [1.165, 1.54) is 0 Å². The molecule has 3 N–H and O–H groups in total. The van der Waals surface area contributed by atoms with Crippen molar-refractivity contribution in [1.82, 2.24) is 0 Å². The molecule has 3 nitrogen and oxygen atoms in total. The molecular formula is C12H17Cl2NO2. The Hall–Kier alpha value is -0.480. The summed E-state index contributed by atoms with van der Waals surface area (Å²) < 4.78 is 5.22. The Kier molecular flexibility index (Phi) is 5.07. The van der Waals surface area contributed by atoms with Crippen molar-refractivity contribution in [2.24, 2.45) is 11.7 Å². The van der Waals surface area contributed by atoms with E-state index < -0.39 is 12.1 Å². The Morgan fingerprint density at radius 3 is 2.65 bits per heavy atom. The number of benzene rings is 1. The largest absolute Gasteiger partial charge is 0.496 e. The van der Waals surface area contributed by atoms with E-state index in [0.29, 0.717) is 16.7 Å². The molecule has 0 spiro atoms. The number of methoxy groups -OCH3 is 1. The Bertz CT molecular complexity index is 383. The first-order valence-corrected chi connectivity index (χ1v) is 5.78. The van der Waals surface area contributed by atoms with Crippen molar-refractivity contribution in [1.29, 1.82) is 0 Å². The van der Waals surface area contributed by atoms with Crippen LogP contribution < -0.4 is 10.5 Å². The highest BCUT2D eigenvalue weighted by Gasteiger charge is 2.35. The number of hydrogen-bond donors (Lipinski definition) is 2. The molecule has 0 radical (unpaired) electrons. The fourth-order valence-electron chi connectivity index (χ4n) is 1.88. The SMILES string of the molecule is COc1ccc(Cl)cc1[C@@H](N)[C@@H](O)C1CC1.Cl. The molecule has 1 aromatic carbocycles. The standard InChI is InChI=1S/C12H16ClNO2.ClH/c1-16-10-5-4-8(13)6-9(10)11(14)12(15)7-2-3-7;/h4-7,11-12,15H,2-3,14H2,1H3;1H/t11-,12+;/m1./s1. The maximum absolute atomic E-state index is 10.00. The van der Waals surface area contributed by atoms with Crippen LogP contribution >= 0.6 is 24.0 Å². The molecule has 1 saturated carbocycles. The first kappa shape index (κ1) is 14.6. The lowest BCUT2D eigenvalue weighted by molar-refractivity contribution is 0.121. The molecule has 0 unspecified atom stereocenters. The quantitative estimate of drug-likeness (QED) is 0.889. The third-order valence-corrected chi connectivity index (χ3v) is 3.26. The van der Waals surface area contributed by atoms with Crippen molar-refractivity contribution >= 4 is 24.0 Å². The molecule has 0 bridgehead atoms. The second kappa shape index (κ2) is 5.91. The average Bonchev–Trinajstić information content (AvgIpc) is 3.11. The minimum Gasteiger partial charge on any atom is -0.496 e. The molecule has 2 rings (SSSR count). The van der Waals surface area contributed by atoms with Crippen LogP contribution in [0.4, 0.5) is 0 Å². The summed E-state index contributed by atoms with van der Waals surface area (Å²) in [4.78, 5) is 0. The summed E-state index contributed by atoms with van der Waals surface area (Å²) in [6.45, 7) is 0. The van der Waals surface area contributed by atoms with Crippen molar-refractivity contribution in [2.45, 2.75) is 25.0 Å². The Labute approximate surface area is 112 Å². The van der Waals surface area contributed by atoms with Gasteiger partial charge < -0.3 is 15.6 Å². The second-order valence-electron chi connectivity index (χ2n) is 4.24. The number of ether oxygens (including phenoxy) is 1. The van der Waals surface area contributed by atoms with Gasteiger partial charge in [0.25, 0.3) is 0 Å². The summed E-state index contributed by atoms with van der Waals surface area (Å²) in [5.41, 5.74) is 6.81. The summed E-state index contributed by atoms with van der Waals surface area (Å²) in [5, 5.41) is 10.6. The molecule has 1 fully saturated rings. The summed E-state index contributed by atoms with van der Waals surface area (Å²) in [7, 11) is 1.59. The second-order valence-corrected chi connectivity index (χ2v) is 4.68. The molecule has 5 heteroatoms. The summed E-state index contributed by atoms with van der Waals surface area (Å²) in [6, 6.07) is 4.86. The number of halogens is 2. The Balaban J connectivity index is 0.00000144. The highest BCUT2D eigenvalue weighted by molar-refractivity contribution is 6.30. The van der Waals surface area contributed by atoms with Gasteiger partial charge >= 0.3 is 0 Å². The maximum atomic E-state index is 10.00. The lowest BCUT2D eigenvalue weighted by Gasteiger charge is -2.21. The summed E-state index contributed by atoms with van der Waals surface area (Å²) in [6.07, 6.45) is 1.60. The molecule has 2 atom stereocenters. The Morgan fingerprint density at radius 1 is 1.47 bits per heavy atom. The minimum atomic E-state index is -0.507. The average molecular weight is 278 g/mol. The highest BCUT2D eigenvalue weighted by atomic mass is 35.5. The van der Waals surface area contributed by atoms with Crippen LogP contribution in [0.5, 0.6) is 5.75 Å². The van der Waals surface area contributed by atoms with Crippen molar-refractivity contribution in [2.75, 3.05) is 7.11 Å². The highest BCUT2D eigenvalue weighted by Crippen LogP contribution is 2.39. The van der Waals surface area contributed by atoms with E-state index in [0.717, 1.165) is 18.4 Å². The van der Waals surface area contributed by atoms with Gasteiger partial charge in [0.05, 0.1) is 19.3 Å². The molecule has 0 aromatic heterocycles. The predicted molar refractivity (Wildman–Crippen MR) is 70.9 cm³/mol. The van der Waals surface area contributed by atoms with E-state index in [2.05, 4.69) is 0 Å². The van der Waals surface area contributed by atoms with E-state index in [1.54, 1.807) is 25.3 Å². The van der Waals surface area contributed by atoms with Crippen LogP contribution in [0.1, 0.15) is 24.4 Å². The van der Waals surface area contributed by atoms with Crippen LogP contribution in [0.2, 0.25) is 5.02 Å². The zero-order chi connectivity index (χ0) is 11.7. The van der Waals surface area contributed by atoms with Crippen LogP contribution in [-0.4, -0.2) is 18.3 Å². The molecule has 17 heavy (non-hydrogen) atoms. The fraction of sp³-hybridized carbons (Fsp3) is 0.500. The van der Waals surface area contributed by atoms with Gasteiger partial charge in [-0.3, -0.25) is 0 Å². The van der Waals surface area contributed by atoms with Crippen molar-refractivity contribution < 1.29 is 9.84 Å². The number of rotatable bonds is 4. The molecule has 0 amide bonds. The third-order valence-electron chi connectivity index (χ3n) is 3.02. The predicted octanol–water partition coefficient (Wildman–Crippen LogP) is 2.54. The number of hydrogen-bond acceptors (Lipinski definition) is 3. The topological polar surface area (TPSA) is 55.5 Å². The molecule has 0 heterocycles. The molecular weight excluding hydrogens is 261 g/mol. The lowest BCUT2D eigenvalue weighted by atomic mass is 9.98. The maximum Gasteiger partial charge on any atom is 0.123 e. The van der Waals surface area contributed by atoms with Crippen LogP contribution in [-0.2, 0) is 0 Å². The van der Waals surface area contributed by atoms with Crippen LogP contribution in [0, 0.1) is 5.92 Å². The van der Waals surface area contributed by atoms with E-state index in [9.17, 15) is 5.11 Å². The van der Waals surface area contributed by atoms with Gasteiger partial charge in [0, 0.05) is 10.6 Å². The molecule has 1 aliphatic carbocycles. The fourth-order valence-corrected chi connectivity index (χ4v) is 2.06. The molecule has 96 valence electrons. The smallest absolute Gasteiger partial charge is 0.123 e. The van der Waals surface area contributed by atoms with Gasteiger partial charge in [-0.25, -0.2) is 0 Å². The van der Waals surface area contributed by atoms with Crippen LogP contribution in [0.25, 0.3) is 0 Å². The first-order chi connectivity index (χ1) is 7.63. The van der Waals surface area contributed by atoms with Gasteiger partial charge in [-0.05, 0) is 37.0 Å². The van der Waals surface area contributed by atoms with Gasteiger partial charge in [0.2, 0.25) is 0 Å². The number of aliphatic hydroxyl groups is 1. The van der Waals surface area contributed by atoms with E-state index in [-0.39, 0.29) is 12.4 Å². The van der Waals surface area contributed by atoms with Gasteiger partial charge in [0.15, 0.2) is 0 Å². The lowest BCUT2D eigenvalue weighted by Crippen LogP contribution is -2.28. The summed E-state index contributed by atoms with van der Waals surface area (Å²) >= 11 is 5.93. The molecule has 0 saturated heterocycles. The van der Waals surface area contributed by atoms with E-state index in [1.807, 2.05) is 0 Å². The van der Waals surface area contributed by atoms with Gasteiger partial charge in [-0.1, -0.05) is 11.6 Å². The molecule has 1 aromatic rings. The summed E-state index contributed by atoms with van der Waals surface area (Å²) in [5.74, 6) is 1.01. The van der Waals surface area contributed by atoms with Gasteiger partial charge in [-0.2, -0.15) is 0 Å². The Morgan fingerprint density at radius 2 is 2.12 bits per heavy atom. The van der Waals surface area contributed by atoms with Crippen LogP contribution in [0.3, 0.4) is 0 Å². The van der Waals surface area contributed by atoms with E-state index >= 15 is 0 Å². The van der Waals surface area contributed by atoms with Crippen molar-refractivity contribution in [3.8, 4) is 5.75 Å². The minimum absolute atomic E-state index is 0. The van der Waals surface area contributed by atoms with Crippen molar-refractivity contribution in [3.05, 3.63) is 28.8 Å². The zero-order valence-electron chi connectivity index (χ0n) is 9.60. The first-order valence-electron chi connectivity index (χ1n) is 5.40. The van der Waals surface area contributed by atoms with Gasteiger partial charge in [0.1, 0.15) is 5.75 Å². The molecule has 1 aliphatic rings. The monoisotopic (exact) mass is 277 g/mol. The normalized spacial score (nSPS) is 18.1. The number of nitrogens with two attached hydrogens (primary N) is 1. The third kappa shape index (κ3) is 3.26. The van der Waals surface area contributed by atoms with Crippen LogP contribution in [0.15, 0.2) is 18.2 Å². The van der Waals surface area contributed by atoms with Crippen molar-refractivity contribution in [3.63, 3.8) is 0 Å².